The monoisotopic (exact) mass is 434 g/mol. The van der Waals surface area contributed by atoms with Gasteiger partial charge >= 0.3 is 24.9 Å². The molecule has 0 aliphatic heterocycles. The Bertz CT molecular complexity index is 358. The summed E-state index contributed by atoms with van der Waals surface area (Å²) in [6, 6.07) is 0. The average molecular weight is 435 g/mol. The van der Waals surface area contributed by atoms with Gasteiger partial charge in [0.1, 0.15) is 0 Å². The van der Waals surface area contributed by atoms with Crippen molar-refractivity contribution in [3.05, 3.63) is 0 Å². The fraction of sp³-hybridized carbons (Fsp3) is 0.909. The van der Waals surface area contributed by atoms with Gasteiger partial charge in [0.25, 0.3) is 0 Å². The third-order valence-electron chi connectivity index (χ3n) is 4.00. The summed E-state index contributed by atoms with van der Waals surface area (Å²) >= 11 is 0. The third-order valence-corrected chi connectivity index (χ3v) is 4.00. The van der Waals surface area contributed by atoms with E-state index in [-0.39, 0.29) is 12.8 Å². The number of esters is 2. The Hall–Kier alpha value is -1.22. The highest BCUT2D eigenvalue weighted by Gasteiger charge is 2.19. The summed E-state index contributed by atoms with van der Waals surface area (Å²) in [6.07, 6.45) is 6.94. The molecule has 0 saturated heterocycles. The van der Waals surface area contributed by atoms with E-state index in [1.54, 1.807) is 0 Å². The Balaban J connectivity index is 4.35. The number of ether oxygens (including phenoxy) is 6. The highest BCUT2D eigenvalue weighted by atomic mass is 16.9. The number of hydrogen-bond acceptors (Lipinski definition) is 8. The lowest BCUT2D eigenvalue weighted by Gasteiger charge is -2.19. The first-order valence-corrected chi connectivity index (χ1v) is 11.4. The van der Waals surface area contributed by atoms with Crippen LogP contribution in [0.1, 0.15) is 91.9 Å². The Morgan fingerprint density at radius 3 is 1.03 bits per heavy atom. The summed E-state index contributed by atoms with van der Waals surface area (Å²) in [5, 5.41) is 0. The number of carbonyl (C=O) groups excluding carboxylic acids is 2. The van der Waals surface area contributed by atoms with Crippen LogP contribution < -0.4 is 0 Å². The van der Waals surface area contributed by atoms with Crippen LogP contribution in [0.25, 0.3) is 0 Å². The lowest BCUT2D eigenvalue weighted by molar-refractivity contribution is -0.279. The Morgan fingerprint density at radius 1 is 0.533 bits per heavy atom. The number of rotatable bonds is 21. The minimum atomic E-state index is -1.05. The molecule has 0 aliphatic rings. The maximum absolute atomic E-state index is 12.1. The normalized spacial score (nSPS) is 11.3. The van der Waals surface area contributed by atoms with Gasteiger partial charge < -0.3 is 28.4 Å². The molecule has 0 rings (SSSR count). The molecule has 0 aliphatic carbocycles. The van der Waals surface area contributed by atoms with Crippen LogP contribution in [-0.2, 0) is 38.0 Å². The van der Waals surface area contributed by atoms with Crippen LogP contribution in [0.3, 0.4) is 0 Å². The van der Waals surface area contributed by atoms with E-state index >= 15 is 0 Å². The predicted octanol–water partition coefficient (Wildman–Crippen LogP) is 4.69. The molecular weight excluding hydrogens is 392 g/mol. The number of unbranched alkanes of at least 4 members (excludes halogenated alkanes) is 4. The van der Waals surface area contributed by atoms with Gasteiger partial charge in [0.15, 0.2) is 0 Å². The van der Waals surface area contributed by atoms with Gasteiger partial charge in [0.2, 0.25) is 0 Å². The van der Waals surface area contributed by atoms with Gasteiger partial charge in [-0.25, -0.2) is 0 Å². The number of hydrogen-bond donors (Lipinski definition) is 0. The minimum absolute atomic E-state index is 0.139. The van der Waals surface area contributed by atoms with Crippen LogP contribution in [0.2, 0.25) is 0 Å². The zero-order valence-corrected chi connectivity index (χ0v) is 19.3. The van der Waals surface area contributed by atoms with Gasteiger partial charge in [-0.3, -0.25) is 9.59 Å². The molecule has 0 bridgehead atoms. The molecule has 0 saturated carbocycles. The molecule has 30 heavy (non-hydrogen) atoms. The van der Waals surface area contributed by atoms with Crippen LogP contribution >= 0.6 is 0 Å². The van der Waals surface area contributed by atoms with Crippen LogP contribution in [0, 0.1) is 0 Å². The predicted molar refractivity (Wildman–Crippen MR) is 112 cm³/mol. The number of carbonyl (C=O) groups is 2. The van der Waals surface area contributed by atoms with Gasteiger partial charge in [-0.1, -0.05) is 53.4 Å². The highest BCUT2D eigenvalue weighted by molar-refractivity contribution is 5.77. The minimum Gasteiger partial charge on any atom is -0.410 e. The van der Waals surface area contributed by atoms with E-state index in [2.05, 4.69) is 0 Å². The van der Waals surface area contributed by atoms with E-state index in [1.807, 2.05) is 27.7 Å². The molecule has 0 unspecified atom stereocenters. The second kappa shape index (κ2) is 21.0. The van der Waals surface area contributed by atoms with E-state index in [4.69, 9.17) is 28.4 Å². The second-order valence-corrected chi connectivity index (χ2v) is 6.95. The van der Waals surface area contributed by atoms with Gasteiger partial charge in [0, 0.05) is 0 Å². The van der Waals surface area contributed by atoms with Crippen molar-refractivity contribution in [3.63, 3.8) is 0 Å². The van der Waals surface area contributed by atoms with Crippen LogP contribution in [0.15, 0.2) is 0 Å². The zero-order valence-electron chi connectivity index (χ0n) is 19.3. The van der Waals surface area contributed by atoms with Crippen molar-refractivity contribution >= 4 is 11.9 Å². The fourth-order valence-corrected chi connectivity index (χ4v) is 2.06. The molecule has 0 aromatic carbocycles. The molecule has 0 spiro atoms. The van der Waals surface area contributed by atoms with Gasteiger partial charge in [-0.05, 0) is 25.7 Å². The molecule has 0 atom stereocenters. The summed E-state index contributed by atoms with van der Waals surface area (Å²) in [5.41, 5.74) is 0. The molecule has 0 radical (unpaired) electrons. The first-order chi connectivity index (χ1) is 14.6. The molecule has 0 heterocycles. The lowest BCUT2D eigenvalue weighted by Crippen LogP contribution is -2.27. The van der Waals surface area contributed by atoms with Crippen molar-refractivity contribution in [2.45, 2.75) is 105 Å². The second-order valence-electron chi connectivity index (χ2n) is 6.95. The third kappa shape index (κ3) is 17.6. The molecule has 0 N–H and O–H groups in total. The Labute approximate surface area is 181 Å². The largest absolute Gasteiger partial charge is 0.410 e. The molecule has 0 fully saturated rings. The molecule has 178 valence electrons. The van der Waals surface area contributed by atoms with E-state index in [0.717, 1.165) is 51.4 Å². The molecule has 8 heteroatoms. The van der Waals surface area contributed by atoms with Gasteiger partial charge in [-0.15, -0.1) is 0 Å². The first kappa shape index (κ1) is 28.8. The van der Waals surface area contributed by atoms with Crippen molar-refractivity contribution in [3.8, 4) is 0 Å². The fourth-order valence-electron chi connectivity index (χ4n) is 2.06. The van der Waals surface area contributed by atoms with Gasteiger partial charge in [-0.2, -0.15) is 0 Å². The quantitative estimate of drug-likeness (QED) is 0.146. The van der Waals surface area contributed by atoms with Crippen LogP contribution in [0.5, 0.6) is 0 Å². The zero-order chi connectivity index (χ0) is 22.5. The van der Waals surface area contributed by atoms with E-state index in [9.17, 15) is 9.59 Å². The van der Waals surface area contributed by atoms with E-state index < -0.39 is 24.9 Å². The lowest BCUT2D eigenvalue weighted by atomic mass is 10.3. The smallest absolute Gasteiger partial charge is 0.318 e. The Morgan fingerprint density at radius 2 is 0.800 bits per heavy atom. The summed E-state index contributed by atoms with van der Waals surface area (Å²) in [7, 11) is 0. The van der Waals surface area contributed by atoms with Crippen molar-refractivity contribution in [2.24, 2.45) is 0 Å². The van der Waals surface area contributed by atoms with Crippen LogP contribution in [0.4, 0.5) is 0 Å². The Kier molecular flexibility index (Phi) is 20.2. The van der Waals surface area contributed by atoms with Crippen LogP contribution in [-0.4, -0.2) is 51.3 Å². The van der Waals surface area contributed by atoms with E-state index in [1.165, 1.54) is 0 Å². The average Bonchev–Trinajstić information content (AvgIpc) is 2.72. The molecule has 8 nitrogen and oxygen atoms in total. The summed E-state index contributed by atoms with van der Waals surface area (Å²) in [6.45, 7) is 7.82. The highest BCUT2D eigenvalue weighted by Crippen LogP contribution is 2.08. The van der Waals surface area contributed by atoms with E-state index in [0.29, 0.717) is 26.4 Å². The molecular formula is C22H42O8. The molecule has 0 amide bonds. The standard InChI is InChI=1S/C22H42O8/c1-5-9-15-25-21(26-16-10-6-2)29-19(23)13-14-20(24)30-22(27-17-11-7-3)28-18-12-8-4/h21-22H,5-18H2,1-4H3. The summed E-state index contributed by atoms with van der Waals surface area (Å²) < 4.78 is 32.2. The van der Waals surface area contributed by atoms with Crippen molar-refractivity contribution in [2.75, 3.05) is 26.4 Å². The first-order valence-electron chi connectivity index (χ1n) is 11.4. The summed E-state index contributed by atoms with van der Waals surface area (Å²) in [4.78, 5) is 24.2. The van der Waals surface area contributed by atoms with Gasteiger partial charge in [0.05, 0.1) is 39.3 Å². The molecule has 0 aromatic rings. The SMILES string of the molecule is CCCCOC(OCCCC)OC(=O)CCC(=O)OC(OCCCC)OCCCC. The summed E-state index contributed by atoms with van der Waals surface area (Å²) in [5.74, 6) is -1.17. The maximum Gasteiger partial charge on any atom is 0.318 e. The van der Waals surface area contributed by atoms with Crippen molar-refractivity contribution in [1.82, 2.24) is 0 Å². The topological polar surface area (TPSA) is 89.5 Å². The van der Waals surface area contributed by atoms with Crippen molar-refractivity contribution < 1.29 is 38.0 Å². The van der Waals surface area contributed by atoms with Crippen molar-refractivity contribution in [1.29, 1.82) is 0 Å². The molecule has 0 aromatic heterocycles. The maximum atomic E-state index is 12.1.